The first-order chi connectivity index (χ1) is 54.5. The minimum absolute atomic E-state index is 0.705. The van der Waals surface area contributed by atoms with Crippen molar-refractivity contribution in [2.75, 3.05) is 0 Å². The summed E-state index contributed by atoms with van der Waals surface area (Å²) in [5.41, 5.74) is 27.6. The van der Waals surface area contributed by atoms with Crippen LogP contribution >= 0.6 is 22.7 Å². The Bertz CT molecular complexity index is 6570. The zero-order valence-corrected chi connectivity index (χ0v) is 61.2. The number of thiophene rings is 2. The SMILES string of the molecule is c1ccc(-c2cc(-c3ccc(-c4ccc5nc(-c6ccccc6)c6c(-c7ccccc7)c(-c7ccccc7)sc6c5c4)cc3)nc(-c3ccccc3)n2)cc1.c1ccc(-c2cc(-c3cccc(-c4ccc5nc(-c6ccccc6)c6c(-c7ccccc7)c(-c7ccccc7)sc6c5c4)c3)nc(-c3ccccc3)n2)cc1. The van der Waals surface area contributed by atoms with E-state index in [-0.39, 0.29) is 0 Å². The maximum absolute atomic E-state index is 5.43. The Labute approximate surface area is 646 Å². The molecule has 14 aromatic carbocycles. The molecule has 20 rings (SSSR count). The molecule has 20 aromatic rings. The lowest BCUT2D eigenvalue weighted by atomic mass is 9.94. The summed E-state index contributed by atoms with van der Waals surface area (Å²) in [7, 11) is 0. The number of fused-ring (bicyclic) bond motifs is 6. The highest BCUT2D eigenvalue weighted by Gasteiger charge is 2.26. The Kier molecular flexibility index (Phi) is 18.0. The van der Waals surface area contributed by atoms with Crippen molar-refractivity contribution >= 4 is 64.7 Å². The maximum Gasteiger partial charge on any atom is 0.160 e. The molecular weight excluding hydrogens is 1370 g/mol. The van der Waals surface area contributed by atoms with Gasteiger partial charge in [0.1, 0.15) is 0 Å². The van der Waals surface area contributed by atoms with Gasteiger partial charge in [0.05, 0.1) is 45.2 Å². The Morgan fingerprint density at radius 1 is 0.173 bits per heavy atom. The van der Waals surface area contributed by atoms with E-state index >= 15 is 0 Å². The fourth-order valence-corrected chi connectivity index (χ4v) is 17.5. The molecule has 0 fully saturated rings. The van der Waals surface area contributed by atoms with Gasteiger partial charge < -0.3 is 0 Å². The number of nitrogens with zero attached hydrogens (tertiary/aromatic N) is 6. The van der Waals surface area contributed by atoms with Crippen molar-refractivity contribution in [1.82, 2.24) is 29.9 Å². The molecule has 6 nitrogen and oxygen atoms in total. The fraction of sp³-hybridized carbons (Fsp3) is 0. The van der Waals surface area contributed by atoms with Gasteiger partial charge in [-0.2, -0.15) is 0 Å². The van der Waals surface area contributed by atoms with E-state index < -0.39 is 0 Å². The van der Waals surface area contributed by atoms with Crippen LogP contribution < -0.4 is 0 Å². The van der Waals surface area contributed by atoms with E-state index in [4.69, 9.17) is 29.9 Å². The molecule has 0 spiro atoms. The molecule has 0 saturated heterocycles. The van der Waals surface area contributed by atoms with Crippen molar-refractivity contribution in [3.05, 3.63) is 400 Å². The first kappa shape index (κ1) is 66.6. The van der Waals surface area contributed by atoms with Gasteiger partial charge >= 0.3 is 0 Å². The van der Waals surface area contributed by atoms with Crippen LogP contribution in [-0.4, -0.2) is 29.9 Å². The highest BCUT2D eigenvalue weighted by atomic mass is 32.1. The van der Waals surface area contributed by atoms with Gasteiger partial charge in [-0.15, -0.1) is 22.7 Å². The lowest BCUT2D eigenvalue weighted by molar-refractivity contribution is 1.18. The molecule has 110 heavy (non-hydrogen) atoms. The van der Waals surface area contributed by atoms with E-state index in [1.54, 1.807) is 0 Å². The second kappa shape index (κ2) is 29.7. The van der Waals surface area contributed by atoms with Crippen molar-refractivity contribution in [2.45, 2.75) is 0 Å². The molecular formula is C102H66N6S2. The Hall–Kier alpha value is -14.0. The maximum atomic E-state index is 5.43. The first-order valence-corrected chi connectivity index (χ1v) is 38.5. The molecule has 6 heterocycles. The van der Waals surface area contributed by atoms with Gasteiger partial charge in [0.2, 0.25) is 0 Å². The third-order valence-corrected chi connectivity index (χ3v) is 22.7. The number of benzene rings is 14. The molecule has 0 radical (unpaired) electrons. The van der Waals surface area contributed by atoms with Gasteiger partial charge in [0.25, 0.3) is 0 Å². The summed E-state index contributed by atoms with van der Waals surface area (Å²) < 4.78 is 2.47. The quantitative estimate of drug-likeness (QED) is 0.108. The van der Waals surface area contributed by atoms with Crippen LogP contribution in [0.5, 0.6) is 0 Å². The summed E-state index contributed by atoms with van der Waals surface area (Å²) in [5.74, 6) is 1.42. The minimum atomic E-state index is 0.705. The summed E-state index contributed by atoms with van der Waals surface area (Å²) >= 11 is 3.71. The van der Waals surface area contributed by atoms with Gasteiger partial charge in [0.15, 0.2) is 11.6 Å². The van der Waals surface area contributed by atoms with Crippen LogP contribution in [0, 0.1) is 0 Å². The van der Waals surface area contributed by atoms with Crippen LogP contribution in [0.25, 0.3) is 198 Å². The smallest absolute Gasteiger partial charge is 0.160 e. The van der Waals surface area contributed by atoms with Gasteiger partial charge in [-0.05, 0) is 87.0 Å². The Morgan fingerprint density at radius 2 is 0.436 bits per heavy atom. The van der Waals surface area contributed by atoms with Crippen LogP contribution in [0.3, 0.4) is 0 Å². The second-order valence-electron chi connectivity index (χ2n) is 27.1. The van der Waals surface area contributed by atoms with Gasteiger partial charge in [-0.25, -0.2) is 29.9 Å². The number of hydrogen-bond acceptors (Lipinski definition) is 8. The number of pyridine rings is 2. The summed E-state index contributed by atoms with van der Waals surface area (Å²) in [4.78, 5) is 33.5. The second-order valence-corrected chi connectivity index (χ2v) is 29.2. The van der Waals surface area contributed by atoms with E-state index in [2.05, 4.69) is 328 Å². The number of hydrogen-bond donors (Lipinski definition) is 0. The van der Waals surface area contributed by atoms with Crippen molar-refractivity contribution < 1.29 is 0 Å². The standard InChI is InChI=1S/2C51H33N3S/c1-6-17-34(18-7-1)44-33-45(54-51(53-44)38-25-14-5-15-26-38)41-28-16-27-39(31-41)40-29-30-43-42(32-40)50-47(48(52-43)36-21-10-3-11-22-36)46(35-19-8-2-9-20-35)49(55-50)37-23-12-4-13-24-37;1-6-16-35(17-7-1)44-33-45(54-51(53-44)40-24-14-5-15-25-40)36-28-26-34(27-29-36)41-30-31-43-42(32-41)50-47(48(52-43)38-20-10-3-11-21-38)46(37-18-8-2-9-19-37)49(55-50)39-22-12-4-13-23-39/h2*1-33H. The molecule has 0 unspecified atom stereocenters. The van der Waals surface area contributed by atoms with Crippen LogP contribution in [0.15, 0.2) is 400 Å². The topological polar surface area (TPSA) is 77.3 Å². The highest BCUT2D eigenvalue weighted by Crippen LogP contribution is 2.53. The highest BCUT2D eigenvalue weighted by molar-refractivity contribution is 7.24. The Balaban J connectivity index is 0.000000149. The van der Waals surface area contributed by atoms with Crippen molar-refractivity contribution in [1.29, 1.82) is 0 Å². The largest absolute Gasteiger partial charge is 0.247 e. The number of aromatic nitrogens is 6. The fourth-order valence-electron chi connectivity index (χ4n) is 14.8. The Morgan fingerprint density at radius 3 is 0.809 bits per heavy atom. The van der Waals surface area contributed by atoms with E-state index in [1.165, 1.54) is 63.3 Å². The van der Waals surface area contributed by atoms with E-state index in [1.807, 2.05) is 95.5 Å². The summed E-state index contributed by atoms with van der Waals surface area (Å²) in [6, 6.07) is 140. The van der Waals surface area contributed by atoms with Gasteiger partial charge in [0, 0.05) is 96.3 Å². The lowest BCUT2D eigenvalue weighted by Gasteiger charge is -2.12. The molecule has 0 bridgehead atoms. The van der Waals surface area contributed by atoms with Crippen LogP contribution in [0.4, 0.5) is 0 Å². The first-order valence-electron chi connectivity index (χ1n) is 36.9. The van der Waals surface area contributed by atoms with Gasteiger partial charge in [-0.3, -0.25) is 0 Å². The third-order valence-electron chi connectivity index (χ3n) is 20.2. The van der Waals surface area contributed by atoms with Crippen molar-refractivity contribution in [2.24, 2.45) is 0 Å². The summed E-state index contributed by atoms with van der Waals surface area (Å²) in [5, 5.41) is 4.66. The van der Waals surface area contributed by atoms with Crippen LogP contribution in [0.2, 0.25) is 0 Å². The molecule has 0 N–H and O–H groups in total. The monoisotopic (exact) mass is 1440 g/mol. The van der Waals surface area contributed by atoms with Gasteiger partial charge in [-0.1, -0.05) is 358 Å². The zero-order chi connectivity index (χ0) is 73.1. The zero-order valence-electron chi connectivity index (χ0n) is 59.6. The predicted octanol–water partition coefficient (Wildman–Crippen LogP) is 27.8. The number of rotatable bonds is 14. The van der Waals surface area contributed by atoms with E-state index in [9.17, 15) is 0 Å². The third kappa shape index (κ3) is 13.2. The molecule has 0 aliphatic heterocycles. The molecule has 8 heteroatoms. The molecule has 0 saturated carbocycles. The van der Waals surface area contributed by atoms with Crippen LogP contribution in [-0.2, 0) is 0 Å². The lowest BCUT2D eigenvalue weighted by Crippen LogP contribution is -1.96. The average Bonchev–Trinajstić information content (AvgIpc) is 1.51. The predicted molar refractivity (Wildman–Crippen MR) is 462 cm³/mol. The summed E-state index contributed by atoms with van der Waals surface area (Å²) in [6.07, 6.45) is 0. The minimum Gasteiger partial charge on any atom is -0.247 e. The van der Waals surface area contributed by atoms with E-state index in [0.717, 1.165) is 123 Å². The normalized spacial score (nSPS) is 11.3. The molecule has 0 atom stereocenters. The molecule has 6 aromatic heterocycles. The van der Waals surface area contributed by atoms with Crippen LogP contribution in [0.1, 0.15) is 0 Å². The molecule has 0 aliphatic carbocycles. The molecule has 0 amide bonds. The summed E-state index contributed by atoms with van der Waals surface area (Å²) in [6.45, 7) is 0. The van der Waals surface area contributed by atoms with E-state index in [0.29, 0.717) is 11.6 Å². The van der Waals surface area contributed by atoms with Crippen molar-refractivity contribution in [3.63, 3.8) is 0 Å². The average molecular weight is 1440 g/mol. The molecule has 0 aliphatic rings. The van der Waals surface area contributed by atoms with Crippen molar-refractivity contribution in [3.8, 4) is 156 Å². The molecule has 516 valence electrons.